The Morgan fingerprint density at radius 1 is 1.16 bits per heavy atom. The number of carbonyl (C=O) groups is 1. The number of carbonyl (C=O) groups excluding carboxylic acids is 1. The van der Waals surface area contributed by atoms with Gasteiger partial charge in [0, 0.05) is 64.3 Å². The fourth-order valence-corrected chi connectivity index (χ4v) is 4.74. The van der Waals surface area contributed by atoms with Crippen molar-refractivity contribution in [3.63, 3.8) is 0 Å². The first kappa shape index (κ1) is 22.9. The van der Waals surface area contributed by atoms with Gasteiger partial charge < -0.3 is 29.0 Å². The van der Waals surface area contributed by atoms with Crippen molar-refractivity contribution in [1.82, 2.24) is 20.0 Å². The summed E-state index contributed by atoms with van der Waals surface area (Å²) in [5.74, 6) is 1.95. The van der Waals surface area contributed by atoms with E-state index in [-0.39, 0.29) is 6.09 Å². The van der Waals surface area contributed by atoms with Crippen LogP contribution in [0.25, 0.3) is 0 Å². The molecule has 9 nitrogen and oxygen atoms in total. The molecule has 178 valence electrons. The van der Waals surface area contributed by atoms with Crippen molar-refractivity contribution in [1.29, 1.82) is 0 Å². The summed E-state index contributed by atoms with van der Waals surface area (Å²) in [5.41, 5.74) is 0. The molecule has 1 unspecified atom stereocenters. The molecule has 1 aromatic heterocycles. The number of nitrogens with one attached hydrogen (secondary N) is 1. The van der Waals surface area contributed by atoms with Crippen LogP contribution >= 0.6 is 0 Å². The lowest BCUT2D eigenvalue weighted by Gasteiger charge is -2.35. The molecule has 0 spiro atoms. The Morgan fingerprint density at radius 3 is 2.66 bits per heavy atom. The molecule has 1 atom stereocenters. The second-order valence-corrected chi connectivity index (χ2v) is 8.68. The second-order valence-electron chi connectivity index (χ2n) is 8.68. The number of ether oxygens (including phenoxy) is 2. The van der Waals surface area contributed by atoms with Gasteiger partial charge in [0.2, 0.25) is 0 Å². The zero-order chi connectivity index (χ0) is 22.2. The third-order valence-corrected chi connectivity index (χ3v) is 6.58. The van der Waals surface area contributed by atoms with Crippen LogP contribution in [0.1, 0.15) is 31.9 Å². The molecule has 3 saturated heterocycles. The van der Waals surface area contributed by atoms with Gasteiger partial charge in [-0.05, 0) is 38.3 Å². The van der Waals surface area contributed by atoms with Gasteiger partial charge in [-0.25, -0.2) is 4.79 Å². The molecule has 1 amide bonds. The number of hydrogen-bond acceptors (Lipinski definition) is 6. The van der Waals surface area contributed by atoms with Crippen LogP contribution in [0.4, 0.5) is 4.79 Å². The smallest absolute Gasteiger partial charge is 0.409 e. The SMILES string of the molecule is CCOC(=O)N1CCC(NC(=NCCc2ccco2)N2CCC(N3CCOCC3)C2)CC1. The zero-order valence-corrected chi connectivity index (χ0v) is 19.2. The van der Waals surface area contributed by atoms with Crippen LogP contribution in [0.5, 0.6) is 0 Å². The molecule has 4 heterocycles. The van der Waals surface area contributed by atoms with Gasteiger partial charge in [0.05, 0.1) is 26.1 Å². The van der Waals surface area contributed by atoms with Crippen LogP contribution in [-0.2, 0) is 15.9 Å². The maximum absolute atomic E-state index is 12.0. The second kappa shape index (κ2) is 11.6. The van der Waals surface area contributed by atoms with Crippen LogP contribution in [-0.4, -0.2) is 104 Å². The number of piperidine rings is 1. The van der Waals surface area contributed by atoms with Crippen molar-refractivity contribution < 1.29 is 18.7 Å². The number of aliphatic imine (C=N–C) groups is 1. The molecule has 32 heavy (non-hydrogen) atoms. The molecule has 0 bridgehead atoms. The minimum absolute atomic E-state index is 0.203. The molecule has 0 aromatic carbocycles. The summed E-state index contributed by atoms with van der Waals surface area (Å²) in [6.45, 7) is 10.1. The van der Waals surface area contributed by atoms with Gasteiger partial charge in [0.25, 0.3) is 0 Å². The number of furan rings is 1. The van der Waals surface area contributed by atoms with E-state index < -0.39 is 0 Å². The number of likely N-dealkylation sites (tertiary alicyclic amines) is 2. The van der Waals surface area contributed by atoms with Gasteiger partial charge >= 0.3 is 6.09 Å². The van der Waals surface area contributed by atoms with Crippen molar-refractivity contribution in [2.45, 2.75) is 44.7 Å². The summed E-state index contributed by atoms with van der Waals surface area (Å²) in [7, 11) is 0. The highest BCUT2D eigenvalue weighted by Crippen LogP contribution is 2.19. The average molecular weight is 448 g/mol. The van der Waals surface area contributed by atoms with E-state index in [4.69, 9.17) is 18.9 Å². The number of amides is 1. The fourth-order valence-electron chi connectivity index (χ4n) is 4.74. The van der Waals surface area contributed by atoms with Crippen LogP contribution in [0.15, 0.2) is 27.8 Å². The summed E-state index contributed by atoms with van der Waals surface area (Å²) >= 11 is 0. The van der Waals surface area contributed by atoms with Gasteiger partial charge in [0.1, 0.15) is 5.76 Å². The standard InChI is InChI=1S/C23H37N5O4/c1-2-31-23(29)27-10-6-19(7-11-27)25-22(24-9-5-21-4-3-15-32-21)28-12-8-20(18-28)26-13-16-30-17-14-26/h3-4,15,19-20H,2,5-14,16-18H2,1H3,(H,24,25). The van der Waals surface area contributed by atoms with Gasteiger partial charge in [-0.2, -0.15) is 0 Å². The summed E-state index contributed by atoms with van der Waals surface area (Å²) in [6, 6.07) is 4.79. The lowest BCUT2D eigenvalue weighted by Crippen LogP contribution is -2.51. The Bertz CT molecular complexity index is 727. The predicted octanol–water partition coefficient (Wildman–Crippen LogP) is 1.80. The number of hydrogen-bond donors (Lipinski definition) is 1. The van der Waals surface area contributed by atoms with E-state index in [1.165, 1.54) is 0 Å². The fraction of sp³-hybridized carbons (Fsp3) is 0.739. The first-order valence-electron chi connectivity index (χ1n) is 12.0. The van der Waals surface area contributed by atoms with Crippen molar-refractivity contribution in [2.24, 2.45) is 4.99 Å². The Labute approximate surface area is 190 Å². The Kier molecular flexibility index (Phi) is 8.28. The molecule has 3 aliphatic heterocycles. The molecule has 0 radical (unpaired) electrons. The maximum Gasteiger partial charge on any atom is 0.409 e. The summed E-state index contributed by atoms with van der Waals surface area (Å²) in [6.07, 6.45) is 5.25. The lowest BCUT2D eigenvalue weighted by molar-refractivity contribution is 0.0194. The lowest BCUT2D eigenvalue weighted by atomic mass is 10.1. The van der Waals surface area contributed by atoms with E-state index in [2.05, 4.69) is 15.1 Å². The van der Waals surface area contributed by atoms with Gasteiger partial charge in [-0.3, -0.25) is 9.89 Å². The van der Waals surface area contributed by atoms with Gasteiger partial charge in [-0.15, -0.1) is 0 Å². The van der Waals surface area contributed by atoms with Crippen LogP contribution in [0.3, 0.4) is 0 Å². The minimum Gasteiger partial charge on any atom is -0.469 e. The highest BCUT2D eigenvalue weighted by Gasteiger charge is 2.32. The molecule has 9 heteroatoms. The van der Waals surface area contributed by atoms with Gasteiger partial charge in [-0.1, -0.05) is 0 Å². The first-order valence-corrected chi connectivity index (χ1v) is 12.0. The van der Waals surface area contributed by atoms with E-state index in [0.717, 1.165) is 76.8 Å². The van der Waals surface area contributed by atoms with Crippen LogP contribution < -0.4 is 5.32 Å². The van der Waals surface area contributed by atoms with E-state index in [0.29, 0.717) is 38.3 Å². The van der Waals surface area contributed by atoms with Crippen molar-refractivity contribution in [3.05, 3.63) is 24.2 Å². The van der Waals surface area contributed by atoms with E-state index in [9.17, 15) is 4.79 Å². The van der Waals surface area contributed by atoms with E-state index in [1.807, 2.05) is 19.1 Å². The maximum atomic E-state index is 12.0. The monoisotopic (exact) mass is 447 g/mol. The third kappa shape index (κ3) is 6.16. The number of guanidine groups is 1. The molecule has 3 aliphatic rings. The van der Waals surface area contributed by atoms with Crippen molar-refractivity contribution >= 4 is 12.1 Å². The molecule has 0 aliphatic carbocycles. The largest absolute Gasteiger partial charge is 0.469 e. The Hall–Kier alpha value is -2.26. The Morgan fingerprint density at radius 2 is 1.94 bits per heavy atom. The minimum atomic E-state index is -0.203. The summed E-state index contributed by atoms with van der Waals surface area (Å²) in [5, 5.41) is 3.72. The quantitative estimate of drug-likeness (QED) is 0.526. The normalized spacial score (nSPS) is 23.5. The third-order valence-electron chi connectivity index (χ3n) is 6.58. The Balaban J connectivity index is 1.34. The number of morpholine rings is 1. The molecule has 0 saturated carbocycles. The highest BCUT2D eigenvalue weighted by molar-refractivity contribution is 5.80. The van der Waals surface area contributed by atoms with Crippen LogP contribution in [0.2, 0.25) is 0 Å². The number of rotatable bonds is 6. The van der Waals surface area contributed by atoms with Gasteiger partial charge in [0.15, 0.2) is 5.96 Å². The van der Waals surface area contributed by atoms with E-state index >= 15 is 0 Å². The molecule has 4 rings (SSSR count). The van der Waals surface area contributed by atoms with Crippen LogP contribution in [0, 0.1) is 0 Å². The molecular formula is C23H37N5O4. The summed E-state index contributed by atoms with van der Waals surface area (Å²) in [4.78, 5) is 23.7. The molecule has 1 aromatic rings. The van der Waals surface area contributed by atoms with Crippen molar-refractivity contribution in [3.8, 4) is 0 Å². The van der Waals surface area contributed by atoms with Crippen molar-refractivity contribution in [2.75, 3.05) is 65.6 Å². The average Bonchev–Trinajstić information content (AvgIpc) is 3.52. The zero-order valence-electron chi connectivity index (χ0n) is 19.2. The van der Waals surface area contributed by atoms with E-state index in [1.54, 1.807) is 11.2 Å². The topological polar surface area (TPSA) is 82.8 Å². The molecule has 3 fully saturated rings. The molecular weight excluding hydrogens is 410 g/mol. The molecule has 1 N–H and O–H groups in total. The number of nitrogens with zero attached hydrogens (tertiary/aromatic N) is 4. The highest BCUT2D eigenvalue weighted by atomic mass is 16.6. The summed E-state index contributed by atoms with van der Waals surface area (Å²) < 4.78 is 16.1. The predicted molar refractivity (Wildman–Crippen MR) is 122 cm³/mol. The first-order chi connectivity index (χ1) is 15.7.